The summed E-state index contributed by atoms with van der Waals surface area (Å²) >= 11 is 0. The normalized spacial score (nSPS) is 12.7. The highest BCUT2D eigenvalue weighted by atomic mass is 19.4. The van der Waals surface area contributed by atoms with Gasteiger partial charge in [0.1, 0.15) is 5.82 Å². The van der Waals surface area contributed by atoms with Crippen molar-refractivity contribution >= 4 is 11.6 Å². The van der Waals surface area contributed by atoms with Gasteiger partial charge in [0.05, 0.1) is 11.7 Å². The Balaban J connectivity index is 1.73. The maximum atomic E-state index is 13.7. The van der Waals surface area contributed by atoms with E-state index in [9.17, 15) is 22.4 Å². The van der Waals surface area contributed by atoms with Crippen molar-refractivity contribution in [3.63, 3.8) is 0 Å². The number of rotatable bonds is 4. The molecule has 0 bridgehead atoms. The number of alkyl halides is 3. The lowest BCUT2D eigenvalue weighted by atomic mass is 10.1. The number of aromatic nitrogens is 3. The summed E-state index contributed by atoms with van der Waals surface area (Å²) in [6.07, 6.45) is -4.74. The van der Waals surface area contributed by atoms with Crippen molar-refractivity contribution in [3.8, 4) is 11.3 Å². The minimum atomic E-state index is -4.74. The number of halogens is 4. The van der Waals surface area contributed by atoms with E-state index in [1.807, 2.05) is 30.3 Å². The molecule has 2 aromatic heterocycles. The van der Waals surface area contributed by atoms with Crippen molar-refractivity contribution in [2.24, 2.45) is 0 Å². The average molecular weight is 428 g/mol. The Morgan fingerprint density at radius 1 is 1.03 bits per heavy atom. The maximum absolute atomic E-state index is 13.7. The second-order valence-corrected chi connectivity index (χ2v) is 6.94. The molecule has 1 N–H and O–H groups in total. The quantitative estimate of drug-likeness (QED) is 0.463. The number of carbonyl (C=O) groups is 1. The van der Waals surface area contributed by atoms with Crippen LogP contribution in [0.25, 0.3) is 16.9 Å². The largest absolute Gasteiger partial charge is 0.433 e. The molecule has 0 aliphatic heterocycles. The van der Waals surface area contributed by atoms with Gasteiger partial charge in [-0.3, -0.25) is 4.79 Å². The molecule has 31 heavy (non-hydrogen) atoms. The highest BCUT2D eigenvalue weighted by Crippen LogP contribution is 2.32. The van der Waals surface area contributed by atoms with Gasteiger partial charge in [-0.25, -0.2) is 13.9 Å². The topological polar surface area (TPSA) is 59.3 Å². The lowest BCUT2D eigenvalue weighted by Gasteiger charge is -2.13. The van der Waals surface area contributed by atoms with Crippen LogP contribution in [0.15, 0.2) is 66.7 Å². The summed E-state index contributed by atoms with van der Waals surface area (Å²) in [4.78, 5) is 16.8. The second-order valence-electron chi connectivity index (χ2n) is 6.94. The lowest BCUT2D eigenvalue weighted by Crippen LogP contribution is -2.27. The molecule has 1 atom stereocenters. The van der Waals surface area contributed by atoms with Gasteiger partial charge in [0.2, 0.25) is 0 Å². The van der Waals surface area contributed by atoms with Gasteiger partial charge in [0.15, 0.2) is 17.0 Å². The Kier molecular flexibility index (Phi) is 5.18. The van der Waals surface area contributed by atoms with Gasteiger partial charge in [-0.1, -0.05) is 30.3 Å². The van der Waals surface area contributed by atoms with Crippen molar-refractivity contribution in [1.82, 2.24) is 19.9 Å². The van der Waals surface area contributed by atoms with E-state index in [-0.39, 0.29) is 23.1 Å². The number of carbonyl (C=O) groups excluding carboxylic acids is 1. The highest BCUT2D eigenvalue weighted by molar-refractivity contribution is 5.93. The molecule has 2 aromatic carbocycles. The molecule has 4 aromatic rings. The van der Waals surface area contributed by atoms with Gasteiger partial charge in [-0.15, -0.1) is 0 Å². The molecule has 9 heteroatoms. The molecule has 0 radical (unpaired) electrons. The van der Waals surface area contributed by atoms with Crippen LogP contribution in [0.2, 0.25) is 0 Å². The van der Waals surface area contributed by atoms with Crippen LogP contribution in [0.3, 0.4) is 0 Å². The molecule has 1 amide bonds. The fraction of sp³-hybridized carbons (Fsp3) is 0.136. The Hall–Kier alpha value is -3.75. The van der Waals surface area contributed by atoms with Crippen LogP contribution in [0.1, 0.15) is 34.7 Å². The molecule has 0 aliphatic rings. The number of amides is 1. The average Bonchev–Trinajstić information content (AvgIpc) is 3.17. The first-order valence-electron chi connectivity index (χ1n) is 9.32. The van der Waals surface area contributed by atoms with Crippen LogP contribution in [0.5, 0.6) is 0 Å². The molecule has 5 nitrogen and oxygen atoms in total. The van der Waals surface area contributed by atoms with E-state index in [1.165, 1.54) is 18.2 Å². The molecule has 0 saturated carbocycles. The van der Waals surface area contributed by atoms with Crippen LogP contribution in [-0.4, -0.2) is 20.5 Å². The van der Waals surface area contributed by atoms with E-state index in [2.05, 4.69) is 15.4 Å². The number of hydrogen-bond acceptors (Lipinski definition) is 3. The molecule has 158 valence electrons. The summed E-state index contributed by atoms with van der Waals surface area (Å²) in [5.74, 6) is -1.14. The van der Waals surface area contributed by atoms with Gasteiger partial charge in [0, 0.05) is 11.6 Å². The first-order valence-corrected chi connectivity index (χ1v) is 9.32. The first-order chi connectivity index (χ1) is 14.7. The van der Waals surface area contributed by atoms with Crippen molar-refractivity contribution in [3.05, 3.63) is 89.5 Å². The number of nitrogens with one attached hydrogen (secondary N) is 1. The number of nitrogens with zero attached hydrogens (tertiary/aromatic N) is 3. The Bertz CT molecular complexity index is 1230. The molecular formula is C22H16F4N4O. The number of hydrogen-bond donors (Lipinski definition) is 1. The smallest absolute Gasteiger partial charge is 0.344 e. The van der Waals surface area contributed by atoms with Crippen LogP contribution >= 0.6 is 0 Å². The summed E-state index contributed by atoms with van der Waals surface area (Å²) in [7, 11) is 0. The van der Waals surface area contributed by atoms with Gasteiger partial charge < -0.3 is 5.32 Å². The van der Waals surface area contributed by atoms with Crippen molar-refractivity contribution in [2.75, 3.05) is 0 Å². The monoisotopic (exact) mass is 428 g/mol. The highest BCUT2D eigenvalue weighted by Gasteiger charge is 2.35. The zero-order valence-electron chi connectivity index (χ0n) is 16.2. The summed E-state index contributed by atoms with van der Waals surface area (Å²) in [5.41, 5.74) is -0.299. The Morgan fingerprint density at radius 3 is 2.35 bits per heavy atom. The lowest BCUT2D eigenvalue weighted by molar-refractivity contribution is -0.142. The third-order valence-electron chi connectivity index (χ3n) is 4.74. The van der Waals surface area contributed by atoms with Gasteiger partial charge >= 0.3 is 6.18 Å². The van der Waals surface area contributed by atoms with Gasteiger partial charge in [0.25, 0.3) is 5.91 Å². The maximum Gasteiger partial charge on any atom is 0.433 e. The molecule has 0 aliphatic carbocycles. The zero-order chi connectivity index (χ0) is 22.2. The molecule has 1 unspecified atom stereocenters. The van der Waals surface area contributed by atoms with Crippen molar-refractivity contribution < 1.29 is 22.4 Å². The van der Waals surface area contributed by atoms with Crippen molar-refractivity contribution in [1.29, 1.82) is 0 Å². The Morgan fingerprint density at radius 2 is 1.71 bits per heavy atom. The molecule has 0 saturated heterocycles. The van der Waals surface area contributed by atoms with E-state index in [4.69, 9.17) is 0 Å². The molecule has 0 spiro atoms. The summed E-state index contributed by atoms with van der Waals surface area (Å²) in [6, 6.07) is 15.7. The van der Waals surface area contributed by atoms with E-state index in [0.717, 1.165) is 23.8 Å². The fourth-order valence-electron chi connectivity index (χ4n) is 3.15. The van der Waals surface area contributed by atoms with Crippen LogP contribution in [-0.2, 0) is 6.18 Å². The minimum absolute atomic E-state index is 0.00987. The first kappa shape index (κ1) is 20.5. The van der Waals surface area contributed by atoms with Crippen LogP contribution in [0.4, 0.5) is 17.6 Å². The standard InChI is InChI=1S/C22H16F4N4O/c1-13(14-5-3-2-4-6-14)27-21(31)18-12-20-28-17(15-7-9-16(23)10-8-15)11-19(22(24,25)26)30(20)29-18/h2-13H,1H3,(H,27,31). The molecule has 4 rings (SSSR count). The second kappa shape index (κ2) is 7.82. The third-order valence-corrected chi connectivity index (χ3v) is 4.74. The minimum Gasteiger partial charge on any atom is -0.344 e. The van der Waals surface area contributed by atoms with E-state index in [1.54, 1.807) is 6.92 Å². The van der Waals surface area contributed by atoms with Crippen molar-refractivity contribution in [2.45, 2.75) is 19.1 Å². The van der Waals surface area contributed by atoms with E-state index < -0.39 is 23.6 Å². The molecule has 0 fully saturated rings. The van der Waals surface area contributed by atoms with Gasteiger partial charge in [-0.2, -0.15) is 18.3 Å². The van der Waals surface area contributed by atoms with E-state index >= 15 is 0 Å². The predicted molar refractivity (Wildman–Crippen MR) is 106 cm³/mol. The fourth-order valence-corrected chi connectivity index (χ4v) is 3.15. The Labute approximate surface area is 174 Å². The molecular weight excluding hydrogens is 412 g/mol. The number of fused-ring (bicyclic) bond motifs is 1. The molecule has 2 heterocycles. The van der Waals surface area contributed by atoms with Crippen LogP contribution in [0, 0.1) is 5.82 Å². The summed E-state index contributed by atoms with van der Waals surface area (Å²) in [6.45, 7) is 1.76. The van der Waals surface area contributed by atoms with Gasteiger partial charge in [-0.05, 0) is 42.8 Å². The predicted octanol–water partition coefficient (Wildman–Crippen LogP) is 5.05. The van der Waals surface area contributed by atoms with Crippen LogP contribution < -0.4 is 5.32 Å². The zero-order valence-corrected chi connectivity index (χ0v) is 16.2. The van der Waals surface area contributed by atoms with E-state index in [0.29, 0.717) is 10.1 Å². The number of benzene rings is 2. The SMILES string of the molecule is CC(NC(=O)c1cc2nc(-c3ccc(F)cc3)cc(C(F)(F)F)n2n1)c1ccccc1. The summed E-state index contributed by atoms with van der Waals surface area (Å²) in [5, 5.41) is 6.56. The summed E-state index contributed by atoms with van der Waals surface area (Å²) < 4.78 is 54.8. The third kappa shape index (κ3) is 4.25.